The van der Waals surface area contributed by atoms with Crippen LogP contribution in [0.1, 0.15) is 64.1 Å². The van der Waals surface area contributed by atoms with E-state index in [0.717, 1.165) is 6.42 Å². The van der Waals surface area contributed by atoms with E-state index in [9.17, 15) is 14.4 Å². The third-order valence-electron chi connectivity index (χ3n) is 4.63. The van der Waals surface area contributed by atoms with Gasteiger partial charge in [0, 0.05) is 20.1 Å². The van der Waals surface area contributed by atoms with Crippen LogP contribution in [0.5, 0.6) is 0 Å². The minimum absolute atomic E-state index is 0.220. The Morgan fingerprint density at radius 3 is 2.34 bits per heavy atom. The summed E-state index contributed by atoms with van der Waals surface area (Å²) in [5, 5.41) is 5.39. The Morgan fingerprint density at radius 1 is 1.14 bits per heavy atom. The fraction of sp³-hybridized carbons (Fsp3) is 0.700. The predicted octanol–water partition coefficient (Wildman–Crippen LogP) is 1.91. The van der Waals surface area contributed by atoms with Crippen LogP contribution in [0.3, 0.4) is 0 Å². The minimum atomic E-state index is -0.718. The smallest absolute Gasteiger partial charge is 0.410 e. The van der Waals surface area contributed by atoms with Crippen LogP contribution >= 0.6 is 0 Å². The first-order valence-corrected chi connectivity index (χ1v) is 9.88. The van der Waals surface area contributed by atoms with Gasteiger partial charge in [0.2, 0.25) is 5.91 Å². The maximum Gasteiger partial charge on any atom is 0.410 e. The van der Waals surface area contributed by atoms with Crippen LogP contribution in [-0.2, 0) is 22.6 Å². The SMILES string of the molecule is CNC(=O)C(NC(=O)c1ncn2c1CN(C(=O)OC(C)(C)C)CCC2)C(C)(C)C. The topological polar surface area (TPSA) is 106 Å². The van der Waals surface area contributed by atoms with Crippen LogP contribution in [0.15, 0.2) is 6.33 Å². The van der Waals surface area contributed by atoms with E-state index in [-0.39, 0.29) is 18.1 Å². The van der Waals surface area contributed by atoms with Crippen LogP contribution in [0.25, 0.3) is 0 Å². The molecule has 2 heterocycles. The number of fused-ring (bicyclic) bond motifs is 1. The number of aryl methyl sites for hydroxylation is 1. The monoisotopic (exact) mass is 407 g/mol. The zero-order valence-corrected chi connectivity index (χ0v) is 18.5. The van der Waals surface area contributed by atoms with Crippen LogP contribution in [0.4, 0.5) is 4.79 Å². The first-order valence-electron chi connectivity index (χ1n) is 9.88. The van der Waals surface area contributed by atoms with E-state index in [4.69, 9.17) is 4.74 Å². The number of carbonyl (C=O) groups excluding carboxylic acids is 3. The van der Waals surface area contributed by atoms with Gasteiger partial charge in [0.05, 0.1) is 18.6 Å². The molecule has 0 fully saturated rings. The van der Waals surface area contributed by atoms with E-state index < -0.39 is 29.1 Å². The number of nitrogens with zero attached hydrogens (tertiary/aromatic N) is 3. The molecule has 1 aromatic heterocycles. The summed E-state index contributed by atoms with van der Waals surface area (Å²) in [6, 6.07) is -0.718. The third kappa shape index (κ3) is 5.71. The molecule has 0 spiro atoms. The van der Waals surface area contributed by atoms with Crippen molar-refractivity contribution in [1.29, 1.82) is 0 Å². The van der Waals surface area contributed by atoms with Crippen molar-refractivity contribution in [3.63, 3.8) is 0 Å². The summed E-state index contributed by atoms with van der Waals surface area (Å²) in [7, 11) is 1.54. The van der Waals surface area contributed by atoms with E-state index in [0.29, 0.717) is 18.8 Å². The summed E-state index contributed by atoms with van der Waals surface area (Å²) in [5.41, 5.74) is -0.222. The molecule has 1 aliphatic rings. The molecule has 0 saturated carbocycles. The molecule has 1 unspecified atom stereocenters. The molecule has 9 nitrogen and oxygen atoms in total. The Hall–Kier alpha value is -2.58. The fourth-order valence-corrected chi connectivity index (χ4v) is 3.15. The van der Waals surface area contributed by atoms with Gasteiger partial charge in [0.15, 0.2) is 5.69 Å². The zero-order chi connectivity index (χ0) is 22.0. The van der Waals surface area contributed by atoms with E-state index in [1.165, 1.54) is 7.05 Å². The van der Waals surface area contributed by atoms with Gasteiger partial charge in [-0.15, -0.1) is 0 Å². The molecule has 0 aliphatic carbocycles. The number of aromatic nitrogens is 2. The number of likely N-dealkylation sites (N-methyl/N-ethyl adjacent to an activating group) is 1. The molecule has 1 aromatic rings. The van der Waals surface area contributed by atoms with Gasteiger partial charge in [-0.25, -0.2) is 9.78 Å². The summed E-state index contributed by atoms with van der Waals surface area (Å²) in [6.45, 7) is 12.5. The Labute approximate surface area is 172 Å². The maximum absolute atomic E-state index is 13.0. The second-order valence-electron chi connectivity index (χ2n) is 9.38. The van der Waals surface area contributed by atoms with Crippen molar-refractivity contribution in [2.75, 3.05) is 13.6 Å². The Morgan fingerprint density at radius 2 is 1.79 bits per heavy atom. The number of hydrogen-bond donors (Lipinski definition) is 2. The zero-order valence-electron chi connectivity index (χ0n) is 18.5. The van der Waals surface area contributed by atoms with Gasteiger partial charge >= 0.3 is 6.09 Å². The van der Waals surface area contributed by atoms with E-state index in [1.54, 1.807) is 11.2 Å². The highest BCUT2D eigenvalue weighted by Crippen LogP contribution is 2.22. The molecule has 0 saturated heterocycles. The largest absolute Gasteiger partial charge is 0.444 e. The van der Waals surface area contributed by atoms with Gasteiger partial charge in [-0.3, -0.25) is 9.59 Å². The number of rotatable bonds is 3. The fourth-order valence-electron chi connectivity index (χ4n) is 3.15. The number of imidazole rings is 1. The average molecular weight is 408 g/mol. The highest BCUT2D eigenvalue weighted by Gasteiger charge is 2.34. The molecule has 1 atom stereocenters. The van der Waals surface area contributed by atoms with E-state index in [2.05, 4.69) is 15.6 Å². The van der Waals surface area contributed by atoms with Crippen molar-refractivity contribution >= 4 is 17.9 Å². The van der Waals surface area contributed by atoms with Crippen LogP contribution in [0.2, 0.25) is 0 Å². The molecule has 0 aromatic carbocycles. The normalized spacial score (nSPS) is 15.8. The summed E-state index contributed by atoms with van der Waals surface area (Å²) in [5.74, 6) is -0.708. The van der Waals surface area contributed by atoms with Gasteiger partial charge < -0.3 is 24.8 Å². The first kappa shape index (κ1) is 22.7. The molecule has 9 heteroatoms. The second kappa shape index (κ2) is 8.42. The lowest BCUT2D eigenvalue weighted by atomic mass is 9.86. The quantitative estimate of drug-likeness (QED) is 0.796. The van der Waals surface area contributed by atoms with Crippen molar-refractivity contribution in [3.8, 4) is 0 Å². The third-order valence-corrected chi connectivity index (χ3v) is 4.63. The molecule has 2 rings (SSSR count). The standard InChI is InChI=1S/C20H33N5O4/c1-19(2,3)15(17(27)21-7)23-16(26)14-13-11-24(18(28)29-20(4,5)6)9-8-10-25(13)12-22-14/h12,15H,8-11H2,1-7H3,(H,21,27)(H,23,26). The molecule has 29 heavy (non-hydrogen) atoms. The minimum Gasteiger partial charge on any atom is -0.444 e. The summed E-state index contributed by atoms with van der Waals surface area (Å²) in [6.07, 6.45) is 1.91. The molecule has 1 aliphatic heterocycles. The lowest BCUT2D eigenvalue weighted by Gasteiger charge is -2.30. The van der Waals surface area contributed by atoms with Gasteiger partial charge in [0.25, 0.3) is 5.91 Å². The average Bonchev–Trinajstić information content (AvgIpc) is 2.86. The van der Waals surface area contributed by atoms with E-state index in [1.807, 2.05) is 46.1 Å². The van der Waals surface area contributed by atoms with Crippen molar-refractivity contribution in [2.45, 2.75) is 72.7 Å². The van der Waals surface area contributed by atoms with Gasteiger partial charge in [-0.2, -0.15) is 0 Å². The van der Waals surface area contributed by atoms with Crippen molar-refractivity contribution < 1.29 is 19.1 Å². The summed E-state index contributed by atoms with van der Waals surface area (Å²) < 4.78 is 7.36. The molecule has 3 amide bonds. The number of amides is 3. The Balaban J connectivity index is 2.25. The van der Waals surface area contributed by atoms with Crippen LogP contribution in [0, 0.1) is 5.41 Å². The van der Waals surface area contributed by atoms with Crippen molar-refractivity contribution in [2.24, 2.45) is 5.41 Å². The maximum atomic E-state index is 13.0. The number of hydrogen-bond acceptors (Lipinski definition) is 5. The predicted molar refractivity (Wildman–Crippen MR) is 108 cm³/mol. The van der Waals surface area contributed by atoms with Gasteiger partial charge in [-0.1, -0.05) is 20.8 Å². The second-order valence-corrected chi connectivity index (χ2v) is 9.38. The first-order chi connectivity index (χ1) is 13.3. The Bertz CT molecular complexity index is 773. The lowest BCUT2D eigenvalue weighted by molar-refractivity contribution is -0.124. The molecule has 0 bridgehead atoms. The summed E-state index contributed by atoms with van der Waals surface area (Å²) in [4.78, 5) is 43.6. The summed E-state index contributed by atoms with van der Waals surface area (Å²) >= 11 is 0. The number of nitrogens with one attached hydrogen (secondary N) is 2. The molecule has 2 N–H and O–H groups in total. The lowest BCUT2D eigenvalue weighted by Crippen LogP contribution is -2.53. The molecular formula is C20H33N5O4. The highest BCUT2D eigenvalue weighted by molar-refractivity contribution is 5.97. The highest BCUT2D eigenvalue weighted by atomic mass is 16.6. The van der Waals surface area contributed by atoms with Gasteiger partial charge in [0.1, 0.15) is 11.6 Å². The van der Waals surface area contributed by atoms with Gasteiger partial charge in [-0.05, 0) is 32.6 Å². The van der Waals surface area contributed by atoms with Crippen LogP contribution in [-0.4, -0.2) is 57.6 Å². The Kier molecular flexibility index (Phi) is 6.60. The van der Waals surface area contributed by atoms with Crippen molar-refractivity contribution in [3.05, 3.63) is 17.7 Å². The van der Waals surface area contributed by atoms with Crippen LogP contribution < -0.4 is 10.6 Å². The number of ether oxygens (including phenoxy) is 1. The molecule has 0 radical (unpaired) electrons. The number of carbonyl (C=O) groups is 3. The van der Waals surface area contributed by atoms with Crippen molar-refractivity contribution in [1.82, 2.24) is 25.1 Å². The molecular weight excluding hydrogens is 374 g/mol. The molecule has 162 valence electrons. The van der Waals surface area contributed by atoms with E-state index >= 15 is 0 Å².